The molecule has 4 heteroatoms. The normalized spacial score (nSPS) is 27.4. The number of rotatable bonds is 3. The van der Waals surface area contributed by atoms with Gasteiger partial charge in [0.2, 0.25) is 0 Å². The van der Waals surface area contributed by atoms with Gasteiger partial charge in [0.25, 0.3) is 0 Å². The van der Waals surface area contributed by atoms with E-state index in [2.05, 4.69) is 0 Å². The van der Waals surface area contributed by atoms with E-state index in [9.17, 15) is 9.90 Å². The summed E-state index contributed by atoms with van der Waals surface area (Å²) in [4.78, 5) is 11.6. The van der Waals surface area contributed by atoms with E-state index in [-0.39, 0.29) is 6.04 Å². The molecule has 0 spiro atoms. The average Bonchev–Trinajstić information content (AvgIpc) is 2.24. The minimum Gasteiger partial charge on any atom is -0.496 e. The fourth-order valence-electron chi connectivity index (χ4n) is 2.75. The van der Waals surface area contributed by atoms with Gasteiger partial charge in [0.05, 0.1) is 12.5 Å². The molecular formula is C13H17NO3. The molecule has 0 radical (unpaired) electrons. The lowest BCUT2D eigenvalue weighted by atomic mass is 9.60. The monoisotopic (exact) mass is 235 g/mol. The summed E-state index contributed by atoms with van der Waals surface area (Å²) >= 11 is 0. The Morgan fingerprint density at radius 2 is 2.18 bits per heavy atom. The zero-order valence-corrected chi connectivity index (χ0v) is 10.1. The number of aliphatic carboxylic acids is 1. The van der Waals surface area contributed by atoms with E-state index < -0.39 is 11.4 Å². The second-order valence-electron chi connectivity index (χ2n) is 4.71. The van der Waals surface area contributed by atoms with Gasteiger partial charge in [-0.1, -0.05) is 12.1 Å². The zero-order valence-electron chi connectivity index (χ0n) is 10.1. The molecule has 1 aliphatic rings. The number of carboxylic acid groups (broad SMARTS) is 1. The van der Waals surface area contributed by atoms with Crippen LogP contribution in [0.2, 0.25) is 0 Å². The van der Waals surface area contributed by atoms with E-state index >= 15 is 0 Å². The molecule has 0 aromatic heterocycles. The van der Waals surface area contributed by atoms with E-state index in [0.29, 0.717) is 18.6 Å². The van der Waals surface area contributed by atoms with Gasteiger partial charge in [-0.15, -0.1) is 0 Å². The Balaban J connectivity index is 2.55. The molecule has 0 unspecified atom stereocenters. The molecular weight excluding hydrogens is 218 g/mol. The van der Waals surface area contributed by atoms with Crippen LogP contribution in [0.5, 0.6) is 5.75 Å². The highest BCUT2D eigenvalue weighted by Gasteiger charge is 2.52. The van der Waals surface area contributed by atoms with Crippen molar-refractivity contribution in [3.63, 3.8) is 0 Å². The molecule has 17 heavy (non-hydrogen) atoms. The van der Waals surface area contributed by atoms with Crippen molar-refractivity contribution in [1.82, 2.24) is 0 Å². The van der Waals surface area contributed by atoms with Crippen molar-refractivity contribution >= 4 is 5.97 Å². The molecule has 1 aromatic rings. The maximum atomic E-state index is 11.6. The highest BCUT2D eigenvalue weighted by molar-refractivity contribution is 5.85. The van der Waals surface area contributed by atoms with Gasteiger partial charge in [0, 0.05) is 11.6 Å². The average molecular weight is 235 g/mol. The number of carboxylic acids is 1. The van der Waals surface area contributed by atoms with Crippen molar-refractivity contribution in [2.45, 2.75) is 31.2 Å². The Labute approximate surface area is 100 Å². The summed E-state index contributed by atoms with van der Waals surface area (Å²) in [5.74, 6) is -0.175. The Morgan fingerprint density at radius 3 is 2.65 bits per heavy atom. The van der Waals surface area contributed by atoms with Crippen LogP contribution in [0.1, 0.15) is 24.0 Å². The molecule has 0 saturated heterocycles. The summed E-state index contributed by atoms with van der Waals surface area (Å²) in [6.07, 6.45) is 0.951. The number of benzene rings is 1. The third-order valence-electron chi connectivity index (χ3n) is 3.56. The molecule has 1 saturated carbocycles. The van der Waals surface area contributed by atoms with Crippen LogP contribution in [0, 0.1) is 6.92 Å². The van der Waals surface area contributed by atoms with Gasteiger partial charge in [0.15, 0.2) is 0 Å². The number of methoxy groups -OCH3 is 1. The van der Waals surface area contributed by atoms with Gasteiger partial charge < -0.3 is 15.6 Å². The summed E-state index contributed by atoms with van der Waals surface area (Å²) in [6, 6.07) is 5.55. The molecule has 1 aliphatic carbocycles. The lowest BCUT2D eigenvalue weighted by molar-refractivity contribution is -0.148. The Hall–Kier alpha value is -1.55. The molecule has 4 nitrogen and oxygen atoms in total. The molecule has 3 N–H and O–H groups in total. The Morgan fingerprint density at radius 1 is 1.53 bits per heavy atom. The van der Waals surface area contributed by atoms with Crippen molar-refractivity contribution in [3.8, 4) is 5.75 Å². The number of hydrogen-bond acceptors (Lipinski definition) is 3. The topological polar surface area (TPSA) is 72.5 Å². The largest absolute Gasteiger partial charge is 0.496 e. The van der Waals surface area contributed by atoms with Gasteiger partial charge in [0.1, 0.15) is 5.75 Å². The van der Waals surface area contributed by atoms with Crippen molar-refractivity contribution in [2.75, 3.05) is 7.11 Å². The van der Waals surface area contributed by atoms with Crippen LogP contribution in [0.4, 0.5) is 0 Å². The van der Waals surface area contributed by atoms with Crippen LogP contribution in [0.15, 0.2) is 18.2 Å². The third-order valence-corrected chi connectivity index (χ3v) is 3.56. The van der Waals surface area contributed by atoms with Crippen LogP contribution in [0.3, 0.4) is 0 Å². The quantitative estimate of drug-likeness (QED) is 0.831. The number of nitrogens with two attached hydrogens (primary N) is 1. The number of ether oxygens (including phenoxy) is 1. The number of hydrogen-bond donors (Lipinski definition) is 2. The van der Waals surface area contributed by atoms with E-state index in [0.717, 1.165) is 11.1 Å². The minimum atomic E-state index is -0.865. The number of carbonyl (C=O) groups is 1. The number of aryl methyl sites for hydroxylation is 1. The van der Waals surface area contributed by atoms with E-state index in [1.165, 1.54) is 0 Å². The summed E-state index contributed by atoms with van der Waals surface area (Å²) < 4.78 is 5.29. The molecule has 0 aliphatic heterocycles. The second-order valence-corrected chi connectivity index (χ2v) is 4.71. The van der Waals surface area contributed by atoms with Gasteiger partial charge in [-0.2, -0.15) is 0 Å². The first-order valence-corrected chi connectivity index (χ1v) is 5.64. The van der Waals surface area contributed by atoms with Crippen LogP contribution in [0.25, 0.3) is 0 Å². The van der Waals surface area contributed by atoms with Crippen LogP contribution in [-0.2, 0) is 10.2 Å². The Bertz CT molecular complexity index is 450. The second kappa shape index (κ2) is 4.04. The summed E-state index contributed by atoms with van der Waals surface area (Å²) in [5.41, 5.74) is 6.62. The van der Waals surface area contributed by atoms with Gasteiger partial charge in [-0.05, 0) is 31.4 Å². The van der Waals surface area contributed by atoms with Crippen molar-refractivity contribution in [1.29, 1.82) is 0 Å². The highest BCUT2D eigenvalue weighted by atomic mass is 16.5. The lowest BCUT2D eigenvalue weighted by Crippen LogP contribution is -2.54. The molecule has 0 heterocycles. The maximum Gasteiger partial charge on any atom is 0.314 e. The van der Waals surface area contributed by atoms with E-state index in [1.54, 1.807) is 13.2 Å². The molecule has 1 aromatic carbocycles. The predicted octanol–water partition coefficient (Wildman–Crippen LogP) is 1.45. The standard InChI is InChI=1S/C13H17NO3/c1-8-4-3-5-10(17-2)11(8)13(12(15)16)6-9(14)7-13/h3-5,9H,6-7,14H2,1-2H3,(H,15,16). The third kappa shape index (κ3) is 1.69. The summed E-state index contributed by atoms with van der Waals surface area (Å²) in [6.45, 7) is 1.91. The molecule has 0 bridgehead atoms. The molecule has 0 atom stereocenters. The first kappa shape index (κ1) is 11.9. The maximum absolute atomic E-state index is 11.6. The molecule has 0 amide bonds. The zero-order chi connectivity index (χ0) is 12.6. The van der Waals surface area contributed by atoms with Crippen LogP contribution < -0.4 is 10.5 Å². The van der Waals surface area contributed by atoms with Crippen LogP contribution in [-0.4, -0.2) is 24.2 Å². The summed E-state index contributed by atoms with van der Waals surface area (Å²) in [7, 11) is 1.56. The minimum absolute atomic E-state index is 0.0320. The SMILES string of the molecule is COc1cccc(C)c1C1(C(=O)O)CC(N)C1. The smallest absolute Gasteiger partial charge is 0.314 e. The van der Waals surface area contributed by atoms with Gasteiger partial charge in [-0.25, -0.2) is 0 Å². The highest BCUT2D eigenvalue weighted by Crippen LogP contribution is 2.48. The van der Waals surface area contributed by atoms with Gasteiger partial charge >= 0.3 is 5.97 Å². The molecule has 92 valence electrons. The first-order valence-electron chi connectivity index (χ1n) is 5.64. The van der Waals surface area contributed by atoms with E-state index in [1.807, 2.05) is 19.1 Å². The van der Waals surface area contributed by atoms with E-state index in [4.69, 9.17) is 10.5 Å². The van der Waals surface area contributed by atoms with Gasteiger partial charge in [-0.3, -0.25) is 4.79 Å². The first-order chi connectivity index (χ1) is 8.01. The fraction of sp³-hybridized carbons (Fsp3) is 0.462. The van der Waals surface area contributed by atoms with Crippen LogP contribution >= 0.6 is 0 Å². The Kier molecular flexibility index (Phi) is 2.83. The van der Waals surface area contributed by atoms with Crippen molar-refractivity contribution in [3.05, 3.63) is 29.3 Å². The summed E-state index contributed by atoms with van der Waals surface area (Å²) in [5, 5.41) is 9.49. The van der Waals surface area contributed by atoms with Crippen molar-refractivity contribution < 1.29 is 14.6 Å². The fourth-order valence-corrected chi connectivity index (χ4v) is 2.75. The van der Waals surface area contributed by atoms with Crippen molar-refractivity contribution in [2.24, 2.45) is 5.73 Å². The molecule has 2 rings (SSSR count). The molecule has 1 fully saturated rings. The lowest BCUT2D eigenvalue weighted by Gasteiger charge is -2.44. The predicted molar refractivity (Wildman–Crippen MR) is 64.3 cm³/mol.